The van der Waals surface area contributed by atoms with Gasteiger partial charge in [-0.3, -0.25) is 4.55 Å². The summed E-state index contributed by atoms with van der Waals surface area (Å²) in [6.07, 6.45) is 0. The Morgan fingerprint density at radius 2 is 1.42 bits per heavy atom. The molecule has 0 bridgehead atoms. The molecule has 74 valence electrons. The van der Waals surface area contributed by atoms with E-state index in [2.05, 4.69) is 3.63 Å². The summed E-state index contributed by atoms with van der Waals surface area (Å²) in [4.78, 5) is 0. The van der Waals surface area contributed by atoms with Crippen LogP contribution in [0, 0.1) is 0 Å². The van der Waals surface area contributed by atoms with Gasteiger partial charge in [-0.25, -0.2) is 0 Å². The van der Waals surface area contributed by atoms with Crippen LogP contribution in [0.25, 0.3) is 0 Å². The maximum absolute atomic E-state index is 11.3. The van der Waals surface area contributed by atoms with Gasteiger partial charge in [0.15, 0.2) is 0 Å². The van der Waals surface area contributed by atoms with Gasteiger partial charge in [0.05, 0.1) is 0 Å². The number of rotatable bonds is 2. The molecule has 0 aromatic rings. The summed E-state index contributed by atoms with van der Waals surface area (Å²) in [5, 5.41) is 0. The third-order valence-corrected chi connectivity index (χ3v) is 2.43. The second kappa shape index (κ2) is 2.83. The molecule has 0 radical (unpaired) electrons. The average molecular weight is 230 g/mol. The van der Waals surface area contributed by atoms with Crippen molar-refractivity contribution in [3.05, 3.63) is 0 Å². The van der Waals surface area contributed by atoms with Crippen molar-refractivity contribution in [2.45, 2.75) is 5.51 Å². The fourth-order valence-electron chi connectivity index (χ4n) is 0.152. The highest BCUT2D eigenvalue weighted by molar-refractivity contribution is 7.97. The number of hydrogen-bond acceptors (Lipinski definition) is 5. The van der Waals surface area contributed by atoms with Gasteiger partial charge in [0, 0.05) is 0 Å². The molecule has 0 aliphatic rings. The summed E-state index contributed by atoms with van der Waals surface area (Å²) in [7, 11) is -12.0. The average Bonchev–Trinajstić information content (AvgIpc) is 1.52. The van der Waals surface area contributed by atoms with Crippen LogP contribution in [0.15, 0.2) is 0 Å². The lowest BCUT2D eigenvalue weighted by molar-refractivity contribution is -0.0501. The molecule has 0 aromatic carbocycles. The van der Waals surface area contributed by atoms with Crippen LogP contribution in [0.2, 0.25) is 0 Å². The Morgan fingerprint density at radius 3 is 1.50 bits per heavy atom. The highest BCUT2D eigenvalue weighted by Crippen LogP contribution is 2.25. The second-order valence-corrected chi connectivity index (χ2v) is 4.17. The van der Waals surface area contributed by atoms with Crippen LogP contribution in [-0.4, -0.2) is 26.9 Å². The van der Waals surface area contributed by atoms with E-state index in [-0.39, 0.29) is 0 Å². The molecule has 11 heteroatoms. The predicted molar refractivity (Wildman–Crippen MR) is 27.6 cm³/mol. The molecule has 0 aliphatic carbocycles. The topological polar surface area (TPSA) is 97.7 Å². The number of halogens is 3. The van der Waals surface area contributed by atoms with Crippen molar-refractivity contribution in [1.29, 1.82) is 0 Å². The summed E-state index contributed by atoms with van der Waals surface area (Å²) in [6, 6.07) is 0. The first-order chi connectivity index (χ1) is 4.96. The second-order valence-electron chi connectivity index (χ2n) is 1.40. The van der Waals surface area contributed by atoms with Gasteiger partial charge in [0.25, 0.3) is 0 Å². The van der Waals surface area contributed by atoms with E-state index < -0.39 is 26.0 Å². The van der Waals surface area contributed by atoms with Gasteiger partial charge in [-0.1, -0.05) is 0 Å². The van der Waals surface area contributed by atoms with Crippen LogP contribution in [-0.2, 0) is 24.1 Å². The van der Waals surface area contributed by atoms with Crippen molar-refractivity contribution >= 4 is 20.5 Å². The summed E-state index contributed by atoms with van der Waals surface area (Å²) in [6.45, 7) is 0. The Hall–Kier alpha value is -0.390. The molecular formula is CHF3O6S2. The monoisotopic (exact) mass is 230 g/mol. The minimum atomic E-state index is -6.29. The quantitative estimate of drug-likeness (QED) is 0.514. The Balaban J connectivity index is 4.96. The zero-order valence-electron chi connectivity index (χ0n) is 4.94. The van der Waals surface area contributed by atoms with E-state index >= 15 is 0 Å². The number of hydrogen-bond donors (Lipinski definition) is 1. The zero-order valence-corrected chi connectivity index (χ0v) is 6.57. The van der Waals surface area contributed by atoms with E-state index in [1.165, 1.54) is 0 Å². The van der Waals surface area contributed by atoms with E-state index in [0.717, 1.165) is 0 Å². The maximum atomic E-state index is 11.3. The lowest BCUT2D eigenvalue weighted by atomic mass is 11.6. The van der Waals surface area contributed by atoms with E-state index in [1.807, 2.05) is 0 Å². The number of alkyl halides is 3. The molecule has 0 saturated carbocycles. The molecule has 12 heavy (non-hydrogen) atoms. The first-order valence-corrected chi connectivity index (χ1v) is 4.73. The highest BCUT2D eigenvalue weighted by atomic mass is 32.3. The van der Waals surface area contributed by atoms with Gasteiger partial charge in [-0.2, -0.15) is 30.0 Å². The fourth-order valence-corrected chi connectivity index (χ4v) is 1.37. The van der Waals surface area contributed by atoms with Crippen LogP contribution in [0.4, 0.5) is 13.2 Å². The first-order valence-electron chi connectivity index (χ1n) is 1.95. The molecule has 0 fully saturated rings. The van der Waals surface area contributed by atoms with Gasteiger partial charge in [-0.05, 0) is 0 Å². The first kappa shape index (κ1) is 11.6. The largest absolute Gasteiger partial charge is 0.524 e. The molecule has 0 rings (SSSR count). The molecule has 0 saturated heterocycles. The lowest BCUT2D eigenvalue weighted by Crippen LogP contribution is -2.27. The molecule has 0 unspecified atom stereocenters. The van der Waals surface area contributed by atoms with E-state index in [1.54, 1.807) is 0 Å². The van der Waals surface area contributed by atoms with E-state index in [0.29, 0.717) is 0 Å². The van der Waals surface area contributed by atoms with Crippen LogP contribution < -0.4 is 0 Å². The van der Waals surface area contributed by atoms with Crippen LogP contribution in [0.5, 0.6) is 0 Å². The van der Waals surface area contributed by atoms with Gasteiger partial charge >= 0.3 is 26.0 Å². The maximum Gasteiger partial charge on any atom is 0.524 e. The summed E-state index contributed by atoms with van der Waals surface area (Å²) in [5.74, 6) is 0. The summed E-state index contributed by atoms with van der Waals surface area (Å²) >= 11 is 0. The molecule has 0 atom stereocenters. The molecule has 0 spiro atoms. The third-order valence-electron chi connectivity index (χ3n) is 0.459. The highest BCUT2D eigenvalue weighted by Gasteiger charge is 2.50. The summed E-state index contributed by atoms with van der Waals surface area (Å²) < 4.78 is 82.4. The Kier molecular flexibility index (Phi) is 2.74. The zero-order chi connectivity index (χ0) is 10.2. The molecule has 0 amide bonds. The molecule has 0 heterocycles. The minimum absolute atomic E-state index is 2.36. The van der Waals surface area contributed by atoms with Gasteiger partial charge in [-0.15, -0.1) is 3.63 Å². The van der Waals surface area contributed by atoms with Crippen molar-refractivity contribution in [1.82, 2.24) is 0 Å². The summed E-state index contributed by atoms with van der Waals surface area (Å²) in [5.41, 5.74) is -5.89. The molecule has 0 aliphatic heterocycles. The predicted octanol–water partition coefficient (Wildman–Crippen LogP) is -0.345. The van der Waals surface area contributed by atoms with Gasteiger partial charge in [0.1, 0.15) is 0 Å². The van der Waals surface area contributed by atoms with Crippen molar-refractivity contribution in [2.24, 2.45) is 0 Å². The van der Waals surface area contributed by atoms with Crippen molar-refractivity contribution in [3.63, 3.8) is 0 Å². The normalized spacial score (nSPS) is 14.7. The van der Waals surface area contributed by atoms with E-state index in [9.17, 15) is 30.0 Å². The Labute approximate surface area is 65.0 Å². The molecule has 0 aromatic heterocycles. The van der Waals surface area contributed by atoms with Crippen LogP contribution >= 0.6 is 0 Å². The standard InChI is InChI=1S/CHF3O6S2/c2-1(3,4)11(5,6)10-12(7,8)9/h(H,7,8,9). The van der Waals surface area contributed by atoms with Crippen LogP contribution in [0.1, 0.15) is 0 Å². The fraction of sp³-hybridized carbons (Fsp3) is 1.00. The van der Waals surface area contributed by atoms with Crippen LogP contribution in [0.3, 0.4) is 0 Å². The lowest BCUT2D eigenvalue weighted by Gasteiger charge is -2.04. The Morgan fingerprint density at radius 1 is 1.08 bits per heavy atom. The van der Waals surface area contributed by atoms with Crippen molar-refractivity contribution in [2.75, 3.05) is 0 Å². The van der Waals surface area contributed by atoms with E-state index in [4.69, 9.17) is 4.55 Å². The molecular weight excluding hydrogens is 229 g/mol. The molecule has 1 N–H and O–H groups in total. The SMILES string of the molecule is O=S(=O)(O)OS(=O)(=O)C(F)(F)F. The minimum Gasteiger partial charge on any atom is -0.263 e. The van der Waals surface area contributed by atoms with Crippen molar-refractivity contribution in [3.8, 4) is 0 Å². The molecule has 6 nitrogen and oxygen atoms in total. The van der Waals surface area contributed by atoms with Gasteiger partial charge in [0.2, 0.25) is 0 Å². The Bertz CT molecular complexity index is 345. The smallest absolute Gasteiger partial charge is 0.263 e. The third kappa shape index (κ3) is 3.34. The van der Waals surface area contributed by atoms with Crippen molar-refractivity contribution < 1.29 is 38.2 Å². The van der Waals surface area contributed by atoms with Gasteiger partial charge < -0.3 is 0 Å².